The molecule has 0 radical (unpaired) electrons. The molecule has 15 heteroatoms. The van der Waals surface area contributed by atoms with Crippen LogP contribution in [0.5, 0.6) is 0 Å². The predicted octanol–water partition coefficient (Wildman–Crippen LogP) is 3.91. The molecule has 4 rings (SSSR count). The number of methoxy groups -OCH3 is 2. The van der Waals surface area contributed by atoms with Gasteiger partial charge < -0.3 is 57.4 Å². The van der Waals surface area contributed by atoms with Gasteiger partial charge in [0.15, 0.2) is 24.8 Å². The fourth-order valence-corrected chi connectivity index (χ4v) is 9.25. The molecule has 4 aliphatic rings. The Morgan fingerprint density at radius 1 is 1.00 bits per heavy atom. The second kappa shape index (κ2) is 18.5. The monoisotopic (exact) mass is 785 g/mol. The van der Waals surface area contributed by atoms with Crippen LogP contribution in [0.4, 0.5) is 0 Å². The second-order valence-corrected chi connectivity index (χ2v) is 16.6. The molecule has 17 atom stereocenters. The van der Waals surface area contributed by atoms with E-state index in [4.69, 9.17) is 47.4 Å². The van der Waals surface area contributed by atoms with Gasteiger partial charge in [-0.15, -0.1) is 0 Å². The van der Waals surface area contributed by atoms with E-state index < -0.39 is 102 Å². The molecule has 4 unspecified atom stereocenters. The number of hydrogen-bond acceptors (Lipinski definition) is 15. The molecule has 0 aliphatic carbocycles. The first kappa shape index (κ1) is 45.3. The number of esters is 2. The maximum absolute atomic E-state index is 14.4. The van der Waals surface area contributed by atoms with Crippen LogP contribution in [0.15, 0.2) is 11.3 Å². The number of hydrogen-bond donors (Lipinski definition) is 1. The molecule has 55 heavy (non-hydrogen) atoms. The van der Waals surface area contributed by atoms with E-state index >= 15 is 0 Å². The van der Waals surface area contributed by atoms with Crippen LogP contribution in [0, 0.1) is 17.8 Å². The lowest BCUT2D eigenvalue weighted by atomic mass is 9.78. The molecule has 3 fully saturated rings. The summed E-state index contributed by atoms with van der Waals surface area (Å²) in [5, 5.41) is 12.0. The van der Waals surface area contributed by atoms with Gasteiger partial charge in [0.25, 0.3) is 6.47 Å². The average molecular weight is 786 g/mol. The molecule has 0 aromatic rings. The van der Waals surface area contributed by atoms with Gasteiger partial charge in [0.1, 0.15) is 35.3 Å². The molecule has 316 valence electrons. The van der Waals surface area contributed by atoms with Crippen LogP contribution in [0.3, 0.4) is 0 Å². The Bertz CT molecular complexity index is 1360. The third kappa shape index (κ3) is 9.51. The molecule has 2 bridgehead atoms. The number of cyclic esters (lactones) is 1. The van der Waals surface area contributed by atoms with Crippen LogP contribution in [-0.2, 0) is 61.8 Å². The highest BCUT2D eigenvalue weighted by molar-refractivity contribution is 5.73. The molecule has 0 aromatic heterocycles. The van der Waals surface area contributed by atoms with Crippen molar-refractivity contribution < 1.29 is 66.9 Å². The number of aliphatic hydroxyl groups is 1. The molecule has 4 heterocycles. The summed E-state index contributed by atoms with van der Waals surface area (Å²) in [5.74, 6) is -2.58. The Balaban J connectivity index is 1.87. The van der Waals surface area contributed by atoms with Crippen molar-refractivity contribution in [2.75, 3.05) is 28.3 Å². The number of carbonyl (C=O) groups excluding carboxylic acids is 3. The number of fused-ring (bicyclic) bond motifs is 2. The van der Waals surface area contributed by atoms with Crippen LogP contribution in [-0.4, -0.2) is 141 Å². The number of likely N-dealkylation sites (N-methyl/N-ethyl adjacent to an activating group) is 1. The van der Waals surface area contributed by atoms with E-state index in [-0.39, 0.29) is 18.6 Å². The zero-order valence-corrected chi connectivity index (χ0v) is 35.3. The van der Waals surface area contributed by atoms with Gasteiger partial charge in [0, 0.05) is 45.8 Å². The topological polar surface area (TPSA) is 167 Å². The Morgan fingerprint density at radius 3 is 2.24 bits per heavy atom. The summed E-state index contributed by atoms with van der Waals surface area (Å²) in [6.45, 7) is 18.5. The van der Waals surface area contributed by atoms with Crippen molar-refractivity contribution in [3.8, 4) is 0 Å². The van der Waals surface area contributed by atoms with Crippen molar-refractivity contribution in [1.82, 2.24) is 4.90 Å². The zero-order chi connectivity index (χ0) is 41.2. The summed E-state index contributed by atoms with van der Waals surface area (Å²) in [5.41, 5.74) is -1.48. The lowest BCUT2D eigenvalue weighted by Gasteiger charge is -2.48. The highest BCUT2D eigenvalue weighted by Gasteiger charge is 2.56. The van der Waals surface area contributed by atoms with Gasteiger partial charge in [-0.1, -0.05) is 20.8 Å². The standard InChI is InChI=1S/C40H67NO14/c1-15-29-40(10,47-14)35(44)22(4)31-20(2)18-39(9,55-31)36(54-38-34(51-26(8)43)27(41(11)12)16-21(3)49-38)23(5)32(24(6)37(45)52-29)53-30-17-28(46-13)33(48-19-42)25(7)50-30/h19,21-25,27-30,32-36,38,44H,15-18H2,1-14H3/t21-,22?,23?,24+,25+,27+,28-,29+,30?,32-,33+,34-,35+,36+,38+,39?,40+/m1/s1. The van der Waals surface area contributed by atoms with Crippen molar-refractivity contribution in [1.29, 1.82) is 0 Å². The van der Waals surface area contributed by atoms with E-state index in [1.807, 2.05) is 60.5 Å². The molecule has 4 aliphatic heterocycles. The normalized spacial score (nSPS) is 44.4. The molecule has 0 saturated carbocycles. The average Bonchev–Trinajstić information content (AvgIpc) is 3.45. The third-order valence-corrected chi connectivity index (χ3v) is 12.3. The van der Waals surface area contributed by atoms with Crippen molar-refractivity contribution in [3.05, 3.63) is 11.3 Å². The summed E-state index contributed by atoms with van der Waals surface area (Å²) in [4.78, 5) is 40.2. The summed E-state index contributed by atoms with van der Waals surface area (Å²) in [6.07, 6.45) is -6.98. The summed E-state index contributed by atoms with van der Waals surface area (Å²) >= 11 is 0. The van der Waals surface area contributed by atoms with Crippen LogP contribution >= 0.6 is 0 Å². The molecule has 3 saturated heterocycles. The van der Waals surface area contributed by atoms with E-state index in [0.29, 0.717) is 31.5 Å². The predicted molar refractivity (Wildman–Crippen MR) is 198 cm³/mol. The zero-order valence-electron chi connectivity index (χ0n) is 35.3. The van der Waals surface area contributed by atoms with Gasteiger partial charge in [-0.05, 0) is 74.1 Å². The lowest BCUT2D eigenvalue weighted by molar-refractivity contribution is -0.311. The fraction of sp³-hybridized carbons (Fsp3) is 0.875. The number of carbonyl (C=O) groups is 3. The number of ether oxygens (including phenoxy) is 10. The van der Waals surface area contributed by atoms with Gasteiger partial charge in [0.05, 0.1) is 36.4 Å². The summed E-state index contributed by atoms with van der Waals surface area (Å²) < 4.78 is 62.8. The fourth-order valence-electron chi connectivity index (χ4n) is 9.25. The van der Waals surface area contributed by atoms with E-state index in [1.54, 1.807) is 20.8 Å². The van der Waals surface area contributed by atoms with E-state index in [2.05, 4.69) is 0 Å². The minimum absolute atomic E-state index is 0.194. The number of aliphatic hydroxyl groups excluding tert-OH is 1. The quantitative estimate of drug-likeness (QED) is 0.182. The second-order valence-electron chi connectivity index (χ2n) is 16.6. The largest absolute Gasteiger partial charge is 0.489 e. The highest BCUT2D eigenvalue weighted by atomic mass is 16.7. The van der Waals surface area contributed by atoms with Gasteiger partial charge in [0.2, 0.25) is 0 Å². The Morgan fingerprint density at radius 2 is 1.67 bits per heavy atom. The first-order chi connectivity index (χ1) is 25.8. The van der Waals surface area contributed by atoms with E-state index in [0.717, 1.165) is 5.57 Å². The molecular formula is C40H67NO14. The van der Waals surface area contributed by atoms with Crippen LogP contribution in [0.2, 0.25) is 0 Å². The maximum Gasteiger partial charge on any atom is 0.311 e. The van der Waals surface area contributed by atoms with Gasteiger partial charge in [-0.2, -0.15) is 0 Å². The Labute approximate surface area is 326 Å². The first-order valence-electron chi connectivity index (χ1n) is 19.7. The molecule has 0 spiro atoms. The molecular weight excluding hydrogens is 718 g/mol. The summed E-state index contributed by atoms with van der Waals surface area (Å²) in [7, 11) is 6.86. The molecule has 15 nitrogen and oxygen atoms in total. The number of rotatable bonds is 11. The first-order valence-corrected chi connectivity index (χ1v) is 19.7. The molecule has 0 amide bonds. The van der Waals surface area contributed by atoms with Gasteiger partial charge in [-0.3, -0.25) is 14.4 Å². The Hall–Kier alpha value is -2.37. The Kier molecular flexibility index (Phi) is 15.2. The van der Waals surface area contributed by atoms with Crippen molar-refractivity contribution in [2.45, 2.75) is 180 Å². The van der Waals surface area contributed by atoms with Gasteiger partial charge >= 0.3 is 11.9 Å². The van der Waals surface area contributed by atoms with Crippen molar-refractivity contribution in [2.24, 2.45) is 17.8 Å². The minimum atomic E-state index is -1.31. The lowest BCUT2D eigenvalue weighted by Crippen LogP contribution is -2.60. The van der Waals surface area contributed by atoms with Gasteiger partial charge in [-0.25, -0.2) is 0 Å². The van der Waals surface area contributed by atoms with Crippen LogP contribution < -0.4 is 0 Å². The highest BCUT2D eigenvalue weighted by Crippen LogP contribution is 2.47. The SMILES string of the molecule is CC[C@@H]1OC(=O)[C@@H](C)[C@H](OC2C[C@@H](OC)[C@@H](OC=O)[C@H](C)O2)C(C)[C@H](O[C@@H]2O[C@H](C)C[C@H](N(C)C)[C@H]2OC(C)=O)C2(C)CC(C)=C(O2)C(C)[C@H](O)[C@@]1(C)OC. The maximum atomic E-state index is 14.4. The van der Waals surface area contributed by atoms with Crippen LogP contribution in [0.25, 0.3) is 0 Å². The van der Waals surface area contributed by atoms with E-state index in [9.17, 15) is 19.5 Å². The van der Waals surface area contributed by atoms with Crippen molar-refractivity contribution >= 4 is 18.4 Å². The number of nitrogens with zero attached hydrogens (tertiary/aromatic N) is 1. The van der Waals surface area contributed by atoms with Crippen molar-refractivity contribution in [3.63, 3.8) is 0 Å². The summed E-state index contributed by atoms with van der Waals surface area (Å²) in [6, 6.07) is -0.228. The molecule has 0 aromatic carbocycles. The smallest absolute Gasteiger partial charge is 0.311 e. The minimum Gasteiger partial charge on any atom is -0.489 e. The third-order valence-electron chi connectivity index (χ3n) is 12.3. The van der Waals surface area contributed by atoms with E-state index in [1.165, 1.54) is 21.1 Å². The molecule has 1 N–H and O–H groups in total. The van der Waals surface area contributed by atoms with Crippen LogP contribution in [0.1, 0.15) is 94.9 Å².